The first kappa shape index (κ1) is 15.1. The zero-order valence-electron chi connectivity index (χ0n) is 11.7. The Morgan fingerprint density at radius 2 is 2.20 bits per heavy atom. The van der Waals surface area contributed by atoms with Crippen LogP contribution in [0, 0.1) is 0 Å². The van der Waals surface area contributed by atoms with Crippen molar-refractivity contribution < 1.29 is 14.3 Å². The average molecular weight is 298 g/mol. The van der Waals surface area contributed by atoms with Crippen LogP contribution in [0.5, 0.6) is 5.75 Å². The van der Waals surface area contributed by atoms with Gasteiger partial charge in [0.25, 0.3) is 0 Å². The highest BCUT2D eigenvalue weighted by Gasteiger charge is 2.33. The largest absolute Gasteiger partial charge is 0.497 e. The van der Waals surface area contributed by atoms with Crippen LogP contribution in [-0.2, 0) is 16.0 Å². The van der Waals surface area contributed by atoms with E-state index in [0.29, 0.717) is 25.5 Å². The van der Waals surface area contributed by atoms with Crippen molar-refractivity contribution in [1.82, 2.24) is 5.32 Å². The molecule has 110 valence electrons. The lowest BCUT2D eigenvalue weighted by Gasteiger charge is -2.36. The molecule has 1 aromatic rings. The van der Waals surface area contributed by atoms with E-state index >= 15 is 0 Å². The molecule has 0 radical (unpaired) electrons. The third-order valence-corrected chi connectivity index (χ3v) is 4.12. The molecule has 0 bridgehead atoms. The molecule has 1 aliphatic rings. The van der Waals surface area contributed by atoms with Gasteiger partial charge >= 0.3 is 0 Å². The summed E-state index contributed by atoms with van der Waals surface area (Å²) in [4.78, 5) is 12.2. The molecule has 4 nitrogen and oxygen atoms in total. The number of methoxy groups -OCH3 is 1. The Morgan fingerprint density at radius 1 is 1.45 bits per heavy atom. The summed E-state index contributed by atoms with van der Waals surface area (Å²) in [7, 11) is 1.61. The second-order valence-corrected chi connectivity index (χ2v) is 5.37. The zero-order valence-corrected chi connectivity index (χ0v) is 12.4. The minimum atomic E-state index is -0.324. The highest BCUT2D eigenvalue weighted by atomic mass is 35.5. The molecule has 1 N–H and O–H groups in total. The van der Waals surface area contributed by atoms with Gasteiger partial charge in [0.05, 0.1) is 19.1 Å². The number of alkyl halides is 1. The number of rotatable bonds is 5. The number of carbonyl (C=O) groups is 1. The summed E-state index contributed by atoms with van der Waals surface area (Å²) >= 11 is 6.04. The highest BCUT2D eigenvalue weighted by Crippen LogP contribution is 2.22. The Hall–Kier alpha value is -1.26. The van der Waals surface area contributed by atoms with Crippen molar-refractivity contribution in [2.75, 3.05) is 26.2 Å². The molecule has 1 aliphatic heterocycles. The summed E-state index contributed by atoms with van der Waals surface area (Å²) in [5.41, 5.74) is 0.606. The van der Waals surface area contributed by atoms with Crippen molar-refractivity contribution in [2.24, 2.45) is 0 Å². The van der Waals surface area contributed by atoms with E-state index in [1.165, 1.54) is 0 Å². The molecule has 0 atom stereocenters. The molecular formula is C15H20ClNO3. The smallest absolute Gasteiger partial charge is 0.224 e. The molecule has 0 saturated carbocycles. The normalized spacial score (nSPS) is 17.5. The number of carbonyl (C=O) groups excluding carboxylic acids is 1. The van der Waals surface area contributed by atoms with Crippen LogP contribution >= 0.6 is 11.6 Å². The number of halogens is 1. The van der Waals surface area contributed by atoms with E-state index in [-0.39, 0.29) is 11.4 Å². The minimum absolute atomic E-state index is 0.0131. The van der Waals surface area contributed by atoms with Crippen molar-refractivity contribution in [3.05, 3.63) is 29.8 Å². The Kier molecular flexibility index (Phi) is 5.26. The van der Waals surface area contributed by atoms with E-state index < -0.39 is 0 Å². The predicted octanol–water partition coefficient (Wildman–Crippen LogP) is 2.14. The zero-order chi connectivity index (χ0) is 14.4. The third kappa shape index (κ3) is 3.87. The van der Waals surface area contributed by atoms with Gasteiger partial charge in [0, 0.05) is 19.1 Å². The average Bonchev–Trinajstić information content (AvgIpc) is 2.48. The molecule has 0 aromatic heterocycles. The number of benzene rings is 1. The van der Waals surface area contributed by atoms with E-state index in [4.69, 9.17) is 21.1 Å². The fraction of sp³-hybridized carbons (Fsp3) is 0.533. The maximum absolute atomic E-state index is 12.2. The predicted molar refractivity (Wildman–Crippen MR) is 78.3 cm³/mol. The molecule has 5 heteroatoms. The van der Waals surface area contributed by atoms with Crippen LogP contribution in [0.15, 0.2) is 24.3 Å². The van der Waals surface area contributed by atoms with Crippen molar-refractivity contribution >= 4 is 17.5 Å². The Balaban J connectivity index is 1.97. The van der Waals surface area contributed by atoms with Gasteiger partial charge in [0.15, 0.2) is 0 Å². The number of hydrogen-bond donors (Lipinski definition) is 1. The van der Waals surface area contributed by atoms with Crippen molar-refractivity contribution in [1.29, 1.82) is 0 Å². The van der Waals surface area contributed by atoms with Gasteiger partial charge in [-0.3, -0.25) is 4.79 Å². The van der Waals surface area contributed by atoms with E-state index in [1.54, 1.807) is 7.11 Å². The number of hydrogen-bond acceptors (Lipinski definition) is 3. The summed E-state index contributed by atoms with van der Waals surface area (Å²) in [6.07, 6.45) is 1.86. The second-order valence-electron chi connectivity index (χ2n) is 5.10. The molecule has 1 saturated heterocycles. The summed E-state index contributed by atoms with van der Waals surface area (Å²) in [6.45, 7) is 1.29. The van der Waals surface area contributed by atoms with Crippen LogP contribution in [0.2, 0.25) is 0 Å². The number of nitrogens with one attached hydrogen (secondary N) is 1. The van der Waals surface area contributed by atoms with Gasteiger partial charge in [-0.1, -0.05) is 12.1 Å². The molecule has 2 rings (SSSR count). The molecule has 1 fully saturated rings. The van der Waals surface area contributed by atoms with Crippen LogP contribution in [0.3, 0.4) is 0 Å². The summed E-state index contributed by atoms with van der Waals surface area (Å²) in [6, 6.07) is 7.53. The van der Waals surface area contributed by atoms with Gasteiger partial charge in [-0.25, -0.2) is 0 Å². The summed E-state index contributed by atoms with van der Waals surface area (Å²) in [5.74, 6) is 1.16. The molecule has 0 spiro atoms. The Bertz CT molecular complexity index is 458. The maximum atomic E-state index is 12.2. The topological polar surface area (TPSA) is 47.6 Å². The fourth-order valence-electron chi connectivity index (χ4n) is 2.36. The lowest BCUT2D eigenvalue weighted by Crippen LogP contribution is -2.53. The van der Waals surface area contributed by atoms with Gasteiger partial charge in [-0.05, 0) is 30.5 Å². The third-order valence-electron chi connectivity index (χ3n) is 3.61. The molecule has 1 amide bonds. The lowest BCUT2D eigenvalue weighted by atomic mass is 9.92. The molecule has 0 unspecified atom stereocenters. The standard InChI is InChI=1S/C15H20ClNO3/c1-19-13-4-2-3-12(9-13)10-14(18)17-15(11-16)5-7-20-8-6-15/h2-4,9H,5-8,10-11H2,1H3,(H,17,18). The maximum Gasteiger partial charge on any atom is 0.224 e. The van der Waals surface area contributed by atoms with Gasteiger partial charge in [0.2, 0.25) is 5.91 Å². The lowest BCUT2D eigenvalue weighted by molar-refractivity contribution is -0.123. The van der Waals surface area contributed by atoms with Crippen LogP contribution < -0.4 is 10.1 Å². The van der Waals surface area contributed by atoms with Crippen molar-refractivity contribution in [3.63, 3.8) is 0 Å². The van der Waals surface area contributed by atoms with Gasteiger partial charge < -0.3 is 14.8 Å². The number of amides is 1. The van der Waals surface area contributed by atoms with Crippen LogP contribution in [0.1, 0.15) is 18.4 Å². The molecule has 20 heavy (non-hydrogen) atoms. The first-order valence-electron chi connectivity index (χ1n) is 6.75. The molecule has 1 aromatic carbocycles. The van der Waals surface area contributed by atoms with E-state index in [0.717, 1.165) is 24.2 Å². The fourth-order valence-corrected chi connectivity index (χ4v) is 2.70. The van der Waals surface area contributed by atoms with Crippen LogP contribution in [-0.4, -0.2) is 37.6 Å². The molecular weight excluding hydrogens is 278 g/mol. The molecule has 0 aliphatic carbocycles. The quantitative estimate of drug-likeness (QED) is 0.847. The van der Waals surface area contributed by atoms with Crippen LogP contribution in [0.25, 0.3) is 0 Å². The van der Waals surface area contributed by atoms with Gasteiger partial charge in [-0.2, -0.15) is 0 Å². The van der Waals surface area contributed by atoms with Crippen LogP contribution in [0.4, 0.5) is 0 Å². The monoisotopic (exact) mass is 297 g/mol. The van der Waals surface area contributed by atoms with Gasteiger partial charge in [0.1, 0.15) is 5.75 Å². The van der Waals surface area contributed by atoms with E-state index in [2.05, 4.69) is 5.32 Å². The van der Waals surface area contributed by atoms with Crippen molar-refractivity contribution in [2.45, 2.75) is 24.8 Å². The summed E-state index contributed by atoms with van der Waals surface area (Å²) < 4.78 is 10.5. The SMILES string of the molecule is COc1cccc(CC(=O)NC2(CCl)CCOCC2)c1. The Morgan fingerprint density at radius 3 is 2.85 bits per heavy atom. The molecule has 1 heterocycles. The second kappa shape index (κ2) is 6.95. The first-order valence-corrected chi connectivity index (χ1v) is 7.28. The van der Waals surface area contributed by atoms with E-state index in [9.17, 15) is 4.79 Å². The summed E-state index contributed by atoms with van der Waals surface area (Å²) in [5, 5.41) is 3.08. The highest BCUT2D eigenvalue weighted by molar-refractivity contribution is 6.18. The van der Waals surface area contributed by atoms with E-state index in [1.807, 2.05) is 24.3 Å². The van der Waals surface area contributed by atoms with Crippen molar-refractivity contribution in [3.8, 4) is 5.75 Å². The Labute approximate surface area is 124 Å². The first-order chi connectivity index (χ1) is 9.67. The minimum Gasteiger partial charge on any atom is -0.497 e. The van der Waals surface area contributed by atoms with Gasteiger partial charge in [-0.15, -0.1) is 11.6 Å². The number of ether oxygens (including phenoxy) is 2.